The first-order chi connectivity index (χ1) is 28.1. The summed E-state index contributed by atoms with van der Waals surface area (Å²) >= 11 is 0. The highest BCUT2D eigenvalue weighted by Gasteiger charge is 2.59. The number of fused-ring (bicyclic) bond motifs is 12. The molecular weight excluding hydrogens is 703 g/mol. The lowest BCUT2D eigenvalue weighted by Gasteiger charge is -2.40. The van der Waals surface area contributed by atoms with Gasteiger partial charge in [0.25, 0.3) is 0 Å². The standard InChI is InChI=1S/C52H41NO4/c1-54-37-20-22-39-42(30-37)50-41(24-25-51(57-50,34-10-4-3-5-11-34)35-16-18-36(19-17-35)53-26-28-56-29-27-53)49-48(39)40-23-21-38(55-2)31-45(40)52(49)43-12-6-8-32-14-15-33-9-7-13-44(52)47(33)46(32)43/h3-25,30-32,46H,26-29H2,1-2H3. The molecule has 4 aliphatic carbocycles. The lowest BCUT2D eigenvalue weighted by molar-refractivity contribution is 0.122. The van der Waals surface area contributed by atoms with Gasteiger partial charge in [0.2, 0.25) is 0 Å². The van der Waals surface area contributed by atoms with Gasteiger partial charge < -0.3 is 23.8 Å². The molecule has 4 atom stereocenters. The third kappa shape index (κ3) is 4.32. The molecule has 0 bridgehead atoms. The number of anilines is 1. The largest absolute Gasteiger partial charge is 0.497 e. The number of methoxy groups -OCH3 is 2. The Morgan fingerprint density at radius 2 is 1.51 bits per heavy atom. The molecule has 0 N–H and O–H groups in total. The molecule has 0 radical (unpaired) electrons. The zero-order chi connectivity index (χ0) is 37.9. The van der Waals surface area contributed by atoms with Crippen LogP contribution in [0.15, 0.2) is 145 Å². The molecule has 6 aromatic rings. The van der Waals surface area contributed by atoms with Gasteiger partial charge in [-0.05, 0) is 98.4 Å². The van der Waals surface area contributed by atoms with Crippen molar-refractivity contribution in [3.8, 4) is 28.4 Å². The summed E-state index contributed by atoms with van der Waals surface area (Å²) < 4.78 is 25.4. The minimum atomic E-state index is -0.891. The monoisotopic (exact) mass is 743 g/mol. The van der Waals surface area contributed by atoms with Crippen LogP contribution in [0.25, 0.3) is 34.1 Å². The summed E-state index contributed by atoms with van der Waals surface area (Å²) in [5.41, 5.74) is 13.5. The van der Waals surface area contributed by atoms with Gasteiger partial charge in [-0.15, -0.1) is 0 Å². The van der Waals surface area contributed by atoms with Gasteiger partial charge in [-0.1, -0.05) is 103 Å². The summed E-state index contributed by atoms with van der Waals surface area (Å²) in [6.45, 7) is 3.26. The van der Waals surface area contributed by atoms with E-state index in [1.807, 2.05) is 0 Å². The van der Waals surface area contributed by atoms with E-state index in [2.05, 4.69) is 157 Å². The second-order valence-corrected chi connectivity index (χ2v) is 16.0. The SMILES string of the molecule is COc1ccc2c(c1)C1(C3=CC=CC4C=Cc5cccc1c5C34)c1c3c(c4cc(OC)ccc4c1-2)OC(c1ccccc1)(c1ccc(N2CCOCC2)cc1)C=C3. The van der Waals surface area contributed by atoms with Crippen LogP contribution in [0, 0.1) is 5.92 Å². The van der Waals surface area contributed by atoms with Crippen molar-refractivity contribution in [3.05, 3.63) is 190 Å². The zero-order valence-electron chi connectivity index (χ0n) is 32.0. The van der Waals surface area contributed by atoms with Gasteiger partial charge in [0.15, 0.2) is 5.60 Å². The van der Waals surface area contributed by atoms with Crippen LogP contribution in [-0.4, -0.2) is 40.5 Å². The Hall–Kier alpha value is -6.30. The fourth-order valence-electron chi connectivity index (χ4n) is 11.1. The van der Waals surface area contributed by atoms with E-state index in [1.165, 1.54) is 50.2 Å². The van der Waals surface area contributed by atoms with Crippen molar-refractivity contribution in [3.63, 3.8) is 0 Å². The number of benzene rings is 6. The Labute approximate surface area is 332 Å². The van der Waals surface area contributed by atoms with Crippen LogP contribution >= 0.6 is 0 Å². The topological polar surface area (TPSA) is 40.2 Å². The number of allylic oxidation sites excluding steroid dienone is 5. The van der Waals surface area contributed by atoms with Crippen LogP contribution in [0.5, 0.6) is 17.2 Å². The van der Waals surface area contributed by atoms with Crippen LogP contribution in [0.3, 0.4) is 0 Å². The van der Waals surface area contributed by atoms with Crippen molar-refractivity contribution in [1.29, 1.82) is 0 Å². The Bertz CT molecular complexity index is 2790. The van der Waals surface area contributed by atoms with E-state index >= 15 is 0 Å². The summed E-state index contributed by atoms with van der Waals surface area (Å²) in [6, 6.07) is 39.7. The Kier molecular flexibility index (Phi) is 6.98. The van der Waals surface area contributed by atoms with Crippen molar-refractivity contribution in [1.82, 2.24) is 0 Å². The number of morpholine rings is 1. The molecule has 6 aliphatic rings. The number of nitrogens with zero attached hydrogens (tertiary/aromatic N) is 1. The van der Waals surface area contributed by atoms with Crippen LogP contribution in [0.2, 0.25) is 0 Å². The molecule has 6 aromatic carbocycles. The first kappa shape index (κ1) is 32.9. The predicted octanol–water partition coefficient (Wildman–Crippen LogP) is 10.6. The first-order valence-corrected chi connectivity index (χ1v) is 20.1. The number of hydrogen-bond donors (Lipinski definition) is 0. The maximum absolute atomic E-state index is 7.80. The van der Waals surface area contributed by atoms with Crippen molar-refractivity contribution in [2.45, 2.75) is 16.9 Å². The zero-order valence-corrected chi connectivity index (χ0v) is 32.0. The molecule has 5 heteroatoms. The van der Waals surface area contributed by atoms with Gasteiger partial charge in [-0.25, -0.2) is 0 Å². The average molecular weight is 744 g/mol. The second-order valence-electron chi connectivity index (χ2n) is 16.0. The Balaban J connectivity index is 1.17. The lowest BCUT2D eigenvalue weighted by Crippen LogP contribution is -2.37. The summed E-state index contributed by atoms with van der Waals surface area (Å²) in [4.78, 5) is 2.40. The van der Waals surface area contributed by atoms with Crippen LogP contribution < -0.4 is 19.1 Å². The maximum atomic E-state index is 7.80. The van der Waals surface area contributed by atoms with Gasteiger partial charge in [-0.2, -0.15) is 0 Å². The van der Waals surface area contributed by atoms with Gasteiger partial charge >= 0.3 is 0 Å². The highest BCUT2D eigenvalue weighted by Crippen LogP contribution is 2.70. The van der Waals surface area contributed by atoms with E-state index in [0.29, 0.717) is 0 Å². The van der Waals surface area contributed by atoms with Gasteiger partial charge in [0.05, 0.1) is 32.8 Å². The fourth-order valence-corrected chi connectivity index (χ4v) is 11.1. The van der Waals surface area contributed by atoms with E-state index in [1.54, 1.807) is 14.2 Å². The maximum Gasteiger partial charge on any atom is 0.178 e. The van der Waals surface area contributed by atoms with Crippen molar-refractivity contribution in [2.24, 2.45) is 5.92 Å². The van der Waals surface area contributed by atoms with Crippen molar-refractivity contribution < 1.29 is 18.9 Å². The summed E-state index contributed by atoms with van der Waals surface area (Å²) in [6.07, 6.45) is 16.5. The first-order valence-electron chi connectivity index (χ1n) is 20.1. The van der Waals surface area contributed by atoms with Crippen LogP contribution in [-0.2, 0) is 15.8 Å². The van der Waals surface area contributed by atoms with E-state index in [0.717, 1.165) is 71.0 Å². The van der Waals surface area contributed by atoms with Gasteiger partial charge in [-0.3, -0.25) is 0 Å². The molecule has 57 heavy (non-hydrogen) atoms. The molecule has 1 spiro atoms. The number of rotatable bonds is 5. The molecule has 2 heterocycles. The summed E-state index contributed by atoms with van der Waals surface area (Å²) in [5.74, 6) is 3.04. The Morgan fingerprint density at radius 1 is 0.719 bits per heavy atom. The minimum absolute atomic E-state index is 0.236. The molecule has 12 rings (SSSR count). The third-order valence-corrected chi connectivity index (χ3v) is 13.5. The molecule has 4 unspecified atom stereocenters. The molecule has 5 nitrogen and oxygen atoms in total. The molecule has 1 saturated heterocycles. The number of hydrogen-bond acceptors (Lipinski definition) is 5. The smallest absolute Gasteiger partial charge is 0.178 e. The lowest BCUT2D eigenvalue weighted by atomic mass is 9.65. The normalized spacial score (nSPS) is 24.1. The van der Waals surface area contributed by atoms with E-state index < -0.39 is 11.0 Å². The second kappa shape index (κ2) is 12.1. The molecule has 0 amide bonds. The predicted molar refractivity (Wildman–Crippen MR) is 228 cm³/mol. The number of ether oxygens (including phenoxy) is 4. The molecule has 2 aliphatic heterocycles. The van der Waals surface area contributed by atoms with E-state index in [4.69, 9.17) is 18.9 Å². The highest BCUT2D eigenvalue weighted by atomic mass is 16.5. The van der Waals surface area contributed by atoms with Gasteiger partial charge in [0, 0.05) is 52.7 Å². The molecule has 1 fully saturated rings. The molecule has 0 aromatic heterocycles. The van der Waals surface area contributed by atoms with Crippen LogP contribution in [0.4, 0.5) is 5.69 Å². The molecule has 278 valence electrons. The summed E-state index contributed by atoms with van der Waals surface area (Å²) in [7, 11) is 3.51. The summed E-state index contributed by atoms with van der Waals surface area (Å²) in [5, 5.41) is 2.17. The highest BCUT2D eigenvalue weighted by molar-refractivity contribution is 6.11. The average Bonchev–Trinajstić information content (AvgIpc) is 3.77. The quantitative estimate of drug-likeness (QED) is 0.176. The molecule has 0 saturated carbocycles. The van der Waals surface area contributed by atoms with Crippen LogP contribution in [0.1, 0.15) is 50.4 Å². The third-order valence-electron chi connectivity index (χ3n) is 13.5. The fraction of sp³-hybridized carbons (Fsp3) is 0.192. The minimum Gasteiger partial charge on any atom is -0.497 e. The molecular formula is C52H41NO4. The van der Waals surface area contributed by atoms with E-state index in [-0.39, 0.29) is 11.8 Å². The van der Waals surface area contributed by atoms with E-state index in [9.17, 15) is 0 Å². The van der Waals surface area contributed by atoms with Crippen molar-refractivity contribution >= 4 is 28.6 Å². The van der Waals surface area contributed by atoms with Crippen molar-refractivity contribution in [2.75, 3.05) is 45.4 Å². The Morgan fingerprint density at radius 3 is 2.33 bits per heavy atom. The van der Waals surface area contributed by atoms with Gasteiger partial charge in [0.1, 0.15) is 17.2 Å².